The van der Waals surface area contributed by atoms with Crippen molar-refractivity contribution in [2.45, 2.75) is 60.0 Å². The van der Waals surface area contributed by atoms with E-state index in [0.717, 1.165) is 29.5 Å². The zero-order valence-electron chi connectivity index (χ0n) is 18.8. The van der Waals surface area contributed by atoms with Crippen molar-refractivity contribution in [1.29, 1.82) is 0 Å². The predicted octanol–water partition coefficient (Wildman–Crippen LogP) is 4.32. The lowest BCUT2D eigenvalue weighted by atomic mass is 10.1. The molecule has 0 fully saturated rings. The van der Waals surface area contributed by atoms with Crippen LogP contribution in [0.3, 0.4) is 0 Å². The number of ether oxygens (including phenoxy) is 1. The van der Waals surface area contributed by atoms with E-state index < -0.39 is 6.04 Å². The van der Waals surface area contributed by atoms with Gasteiger partial charge in [0.05, 0.1) is 0 Å². The summed E-state index contributed by atoms with van der Waals surface area (Å²) in [5.74, 6) is 0.295. The van der Waals surface area contributed by atoms with Crippen molar-refractivity contribution in [3.8, 4) is 5.75 Å². The normalized spacial score (nSPS) is 11.6. The fourth-order valence-corrected chi connectivity index (χ4v) is 3.04. The van der Waals surface area contributed by atoms with Gasteiger partial charge in [-0.15, -0.1) is 0 Å². The van der Waals surface area contributed by atoms with Crippen LogP contribution in [0.2, 0.25) is 0 Å². The standard InChI is InChI=1S/C25H34N2O3/c1-6-7-14-26-25(29)21(5)27(16-22-11-8-18(2)9-12-22)24(28)17-30-23-13-10-19(3)20(4)15-23/h8-13,15,21H,6-7,14,16-17H2,1-5H3,(H,26,29)/t21-/m1/s1. The van der Waals surface area contributed by atoms with Gasteiger partial charge in [0.2, 0.25) is 5.91 Å². The van der Waals surface area contributed by atoms with Gasteiger partial charge in [0.25, 0.3) is 5.91 Å². The van der Waals surface area contributed by atoms with Crippen LogP contribution >= 0.6 is 0 Å². The van der Waals surface area contributed by atoms with Gasteiger partial charge in [-0.2, -0.15) is 0 Å². The van der Waals surface area contributed by atoms with Crippen LogP contribution in [0.25, 0.3) is 0 Å². The molecule has 2 amide bonds. The molecule has 0 spiro atoms. The van der Waals surface area contributed by atoms with Crippen LogP contribution in [0, 0.1) is 20.8 Å². The predicted molar refractivity (Wildman–Crippen MR) is 121 cm³/mol. The molecule has 2 rings (SSSR count). The van der Waals surface area contributed by atoms with Gasteiger partial charge < -0.3 is 15.0 Å². The minimum atomic E-state index is -0.584. The van der Waals surface area contributed by atoms with Gasteiger partial charge in [0.1, 0.15) is 11.8 Å². The monoisotopic (exact) mass is 410 g/mol. The van der Waals surface area contributed by atoms with E-state index in [1.807, 2.05) is 63.2 Å². The molecular formula is C25H34N2O3. The molecule has 0 saturated carbocycles. The minimum Gasteiger partial charge on any atom is -0.484 e. The molecule has 5 heteroatoms. The van der Waals surface area contributed by atoms with E-state index in [1.54, 1.807) is 11.8 Å². The quantitative estimate of drug-likeness (QED) is 0.593. The number of benzene rings is 2. The first kappa shape index (κ1) is 23.5. The number of hydrogen-bond donors (Lipinski definition) is 1. The fraction of sp³-hybridized carbons (Fsp3) is 0.440. The molecule has 0 unspecified atom stereocenters. The van der Waals surface area contributed by atoms with Crippen LogP contribution in [0.5, 0.6) is 5.75 Å². The second kappa shape index (κ2) is 11.4. The second-order valence-corrected chi connectivity index (χ2v) is 7.86. The van der Waals surface area contributed by atoms with E-state index >= 15 is 0 Å². The smallest absolute Gasteiger partial charge is 0.261 e. The summed E-state index contributed by atoms with van der Waals surface area (Å²) in [5.41, 5.74) is 4.42. The van der Waals surface area contributed by atoms with Crippen LogP contribution in [-0.2, 0) is 16.1 Å². The van der Waals surface area contributed by atoms with Crippen molar-refractivity contribution in [3.63, 3.8) is 0 Å². The molecule has 0 saturated heterocycles. The largest absolute Gasteiger partial charge is 0.484 e. The molecule has 1 N–H and O–H groups in total. The highest BCUT2D eigenvalue weighted by Gasteiger charge is 2.26. The van der Waals surface area contributed by atoms with Crippen molar-refractivity contribution in [2.24, 2.45) is 0 Å². The summed E-state index contributed by atoms with van der Waals surface area (Å²) in [6.45, 7) is 10.8. The Hall–Kier alpha value is -2.82. The summed E-state index contributed by atoms with van der Waals surface area (Å²) in [4.78, 5) is 27.2. The lowest BCUT2D eigenvalue weighted by Crippen LogP contribution is -2.49. The molecule has 0 aliphatic rings. The Morgan fingerprint density at radius 2 is 1.73 bits per heavy atom. The summed E-state index contributed by atoms with van der Waals surface area (Å²) < 4.78 is 5.75. The van der Waals surface area contributed by atoms with Crippen LogP contribution in [0.15, 0.2) is 42.5 Å². The number of unbranched alkanes of at least 4 members (excludes halogenated alkanes) is 1. The van der Waals surface area contributed by atoms with Crippen molar-refractivity contribution in [2.75, 3.05) is 13.2 Å². The maximum Gasteiger partial charge on any atom is 0.261 e. The van der Waals surface area contributed by atoms with Crippen LogP contribution in [-0.4, -0.2) is 35.9 Å². The Bertz CT molecular complexity index is 846. The Labute approximate surface area is 180 Å². The Balaban J connectivity index is 2.11. The molecule has 2 aromatic rings. The molecule has 0 aromatic heterocycles. The lowest BCUT2D eigenvalue weighted by Gasteiger charge is -2.29. The molecule has 0 radical (unpaired) electrons. The first-order valence-corrected chi connectivity index (χ1v) is 10.6. The zero-order valence-corrected chi connectivity index (χ0v) is 18.8. The van der Waals surface area contributed by atoms with Crippen molar-refractivity contribution in [3.05, 3.63) is 64.7 Å². The van der Waals surface area contributed by atoms with Gasteiger partial charge >= 0.3 is 0 Å². The third-order valence-electron chi connectivity index (χ3n) is 5.31. The number of aryl methyl sites for hydroxylation is 3. The summed E-state index contributed by atoms with van der Waals surface area (Å²) in [5, 5.41) is 2.93. The summed E-state index contributed by atoms with van der Waals surface area (Å²) in [6.07, 6.45) is 1.92. The summed E-state index contributed by atoms with van der Waals surface area (Å²) in [6, 6.07) is 13.2. The maximum absolute atomic E-state index is 13.0. The number of nitrogens with zero attached hydrogens (tertiary/aromatic N) is 1. The van der Waals surface area contributed by atoms with Crippen molar-refractivity contribution in [1.82, 2.24) is 10.2 Å². The van der Waals surface area contributed by atoms with Gasteiger partial charge in [-0.25, -0.2) is 0 Å². The highest BCUT2D eigenvalue weighted by atomic mass is 16.5. The highest BCUT2D eigenvalue weighted by Crippen LogP contribution is 2.17. The van der Waals surface area contributed by atoms with Gasteiger partial charge in [0, 0.05) is 13.1 Å². The third-order valence-corrected chi connectivity index (χ3v) is 5.31. The van der Waals surface area contributed by atoms with E-state index in [0.29, 0.717) is 18.8 Å². The first-order chi connectivity index (χ1) is 14.3. The highest BCUT2D eigenvalue weighted by molar-refractivity contribution is 5.87. The maximum atomic E-state index is 13.0. The molecule has 0 aliphatic heterocycles. The van der Waals surface area contributed by atoms with Crippen molar-refractivity contribution < 1.29 is 14.3 Å². The van der Waals surface area contributed by atoms with Crippen LogP contribution < -0.4 is 10.1 Å². The van der Waals surface area contributed by atoms with Gasteiger partial charge in [0.15, 0.2) is 6.61 Å². The number of hydrogen-bond acceptors (Lipinski definition) is 3. The molecule has 2 aromatic carbocycles. The Kier molecular flexibility index (Phi) is 8.90. The molecule has 30 heavy (non-hydrogen) atoms. The molecular weight excluding hydrogens is 376 g/mol. The molecule has 0 aliphatic carbocycles. The topological polar surface area (TPSA) is 58.6 Å². The molecule has 5 nitrogen and oxygen atoms in total. The summed E-state index contributed by atoms with van der Waals surface area (Å²) in [7, 11) is 0. The van der Waals surface area contributed by atoms with E-state index in [4.69, 9.17) is 4.74 Å². The first-order valence-electron chi connectivity index (χ1n) is 10.6. The van der Waals surface area contributed by atoms with Crippen LogP contribution in [0.1, 0.15) is 48.9 Å². The molecule has 162 valence electrons. The van der Waals surface area contributed by atoms with E-state index in [1.165, 1.54) is 5.56 Å². The van der Waals surface area contributed by atoms with Crippen LogP contribution in [0.4, 0.5) is 0 Å². The summed E-state index contributed by atoms with van der Waals surface area (Å²) >= 11 is 0. The number of amides is 2. The van der Waals surface area contributed by atoms with Gasteiger partial charge in [-0.05, 0) is 62.9 Å². The lowest BCUT2D eigenvalue weighted by molar-refractivity contribution is -0.142. The molecule has 0 bridgehead atoms. The average molecular weight is 411 g/mol. The molecule has 1 atom stereocenters. The van der Waals surface area contributed by atoms with E-state index in [9.17, 15) is 9.59 Å². The van der Waals surface area contributed by atoms with Gasteiger partial charge in [-0.3, -0.25) is 9.59 Å². The third kappa shape index (κ3) is 6.90. The average Bonchev–Trinajstić information content (AvgIpc) is 2.73. The zero-order chi connectivity index (χ0) is 22.1. The van der Waals surface area contributed by atoms with Gasteiger partial charge in [-0.1, -0.05) is 49.2 Å². The fourth-order valence-electron chi connectivity index (χ4n) is 3.04. The number of carbonyl (C=O) groups is 2. The minimum absolute atomic E-state index is 0.110. The number of nitrogens with one attached hydrogen (secondary N) is 1. The second-order valence-electron chi connectivity index (χ2n) is 7.86. The Morgan fingerprint density at radius 1 is 1.03 bits per heavy atom. The van der Waals surface area contributed by atoms with Crippen molar-refractivity contribution >= 4 is 11.8 Å². The SMILES string of the molecule is CCCCNC(=O)[C@@H](C)N(Cc1ccc(C)cc1)C(=O)COc1ccc(C)c(C)c1. The Morgan fingerprint density at radius 3 is 2.37 bits per heavy atom. The van der Waals surface area contributed by atoms with E-state index in [-0.39, 0.29) is 18.4 Å². The number of carbonyl (C=O) groups excluding carboxylic acids is 2. The van der Waals surface area contributed by atoms with E-state index in [2.05, 4.69) is 12.2 Å². The molecule has 0 heterocycles. The number of rotatable bonds is 10.